The Hall–Kier alpha value is -3.08. The van der Waals surface area contributed by atoms with E-state index in [1.165, 1.54) is 0 Å². The van der Waals surface area contributed by atoms with Crippen molar-refractivity contribution in [2.24, 2.45) is 0 Å². The lowest BCUT2D eigenvalue weighted by molar-refractivity contribution is 0.416. The van der Waals surface area contributed by atoms with Crippen molar-refractivity contribution in [1.29, 1.82) is 0 Å². The fourth-order valence-electron chi connectivity index (χ4n) is 2.63. The highest BCUT2D eigenvalue weighted by Gasteiger charge is 2.10. The van der Waals surface area contributed by atoms with Crippen LogP contribution in [0.4, 0.5) is 23.0 Å². The van der Waals surface area contributed by atoms with Crippen LogP contribution in [0.5, 0.6) is 5.75 Å². The van der Waals surface area contributed by atoms with Crippen molar-refractivity contribution in [2.45, 2.75) is 13.8 Å². The monoisotopic (exact) mass is 334 g/mol. The van der Waals surface area contributed by atoms with Gasteiger partial charge < -0.3 is 15.0 Å². The van der Waals surface area contributed by atoms with Gasteiger partial charge in [0.1, 0.15) is 23.2 Å². The Kier molecular flexibility index (Phi) is 4.84. The number of para-hydroxylation sites is 1. The zero-order valence-electron chi connectivity index (χ0n) is 14.9. The number of hydrogen-bond acceptors (Lipinski definition) is 5. The maximum Gasteiger partial charge on any atom is 0.142 e. The molecule has 128 valence electrons. The van der Waals surface area contributed by atoms with Crippen LogP contribution < -0.4 is 15.0 Å². The maximum absolute atomic E-state index is 5.43. The summed E-state index contributed by atoms with van der Waals surface area (Å²) in [6.07, 6.45) is 0. The first kappa shape index (κ1) is 16.8. The lowest BCUT2D eigenvalue weighted by atomic mass is 10.2. The van der Waals surface area contributed by atoms with Crippen molar-refractivity contribution in [3.63, 3.8) is 0 Å². The quantitative estimate of drug-likeness (QED) is 0.738. The van der Waals surface area contributed by atoms with Crippen LogP contribution in [-0.2, 0) is 0 Å². The summed E-state index contributed by atoms with van der Waals surface area (Å²) in [4.78, 5) is 11.1. The van der Waals surface area contributed by atoms with E-state index < -0.39 is 0 Å². The average Bonchev–Trinajstić information content (AvgIpc) is 2.61. The molecule has 1 heterocycles. The Labute approximate surface area is 148 Å². The van der Waals surface area contributed by atoms with Gasteiger partial charge in [-0.2, -0.15) is 0 Å². The molecule has 0 saturated heterocycles. The van der Waals surface area contributed by atoms with Gasteiger partial charge in [-0.05, 0) is 43.7 Å². The number of methoxy groups -OCH3 is 1. The maximum atomic E-state index is 5.43. The molecular weight excluding hydrogens is 312 g/mol. The first-order valence-corrected chi connectivity index (χ1v) is 8.13. The molecule has 1 N–H and O–H groups in total. The largest absolute Gasteiger partial charge is 0.495 e. The Balaban J connectivity index is 1.94. The fraction of sp³-hybridized carbons (Fsp3) is 0.200. The summed E-state index contributed by atoms with van der Waals surface area (Å²) in [6.45, 7) is 3.94. The predicted octanol–water partition coefficient (Wildman–Crippen LogP) is 4.61. The zero-order valence-corrected chi connectivity index (χ0v) is 14.9. The van der Waals surface area contributed by atoms with Crippen LogP contribution in [0.3, 0.4) is 0 Å². The van der Waals surface area contributed by atoms with Crippen molar-refractivity contribution in [3.8, 4) is 5.75 Å². The van der Waals surface area contributed by atoms with Gasteiger partial charge in [0.05, 0.1) is 12.8 Å². The summed E-state index contributed by atoms with van der Waals surface area (Å²) in [5.74, 6) is 3.04. The zero-order chi connectivity index (χ0) is 17.8. The van der Waals surface area contributed by atoms with Crippen LogP contribution in [0.15, 0.2) is 54.6 Å². The molecule has 0 amide bonds. The molecule has 5 heteroatoms. The van der Waals surface area contributed by atoms with Gasteiger partial charge >= 0.3 is 0 Å². The van der Waals surface area contributed by atoms with Crippen LogP contribution in [0.2, 0.25) is 0 Å². The summed E-state index contributed by atoms with van der Waals surface area (Å²) in [5.41, 5.74) is 3.10. The van der Waals surface area contributed by atoms with Crippen LogP contribution in [0.25, 0.3) is 0 Å². The highest BCUT2D eigenvalue weighted by molar-refractivity contribution is 5.68. The number of rotatable bonds is 5. The standard InChI is InChI=1S/C20H22N4O/c1-14-10-11-18(25-4)17(12-14)23-19-13-20(22-15(2)21-19)24(3)16-8-6-5-7-9-16/h5-13H,1-4H3,(H,21,22,23). The van der Waals surface area contributed by atoms with Gasteiger partial charge in [0, 0.05) is 18.8 Å². The van der Waals surface area contributed by atoms with Gasteiger partial charge in [0.25, 0.3) is 0 Å². The number of hydrogen-bond donors (Lipinski definition) is 1. The smallest absolute Gasteiger partial charge is 0.142 e. The van der Waals surface area contributed by atoms with Crippen LogP contribution >= 0.6 is 0 Å². The molecule has 2 aromatic carbocycles. The number of ether oxygens (including phenoxy) is 1. The van der Waals surface area contributed by atoms with E-state index >= 15 is 0 Å². The van der Waals surface area contributed by atoms with Crippen molar-refractivity contribution in [1.82, 2.24) is 9.97 Å². The van der Waals surface area contributed by atoms with Gasteiger partial charge in [-0.1, -0.05) is 24.3 Å². The van der Waals surface area contributed by atoms with Gasteiger partial charge in [0.2, 0.25) is 0 Å². The molecule has 0 atom stereocenters. The SMILES string of the molecule is COc1ccc(C)cc1Nc1cc(N(C)c2ccccc2)nc(C)n1. The number of aromatic nitrogens is 2. The molecule has 0 bridgehead atoms. The highest BCUT2D eigenvalue weighted by Crippen LogP contribution is 2.30. The third kappa shape index (κ3) is 3.88. The molecule has 3 aromatic rings. The number of nitrogens with zero attached hydrogens (tertiary/aromatic N) is 3. The number of nitrogens with one attached hydrogen (secondary N) is 1. The molecule has 1 aromatic heterocycles. The van der Waals surface area contributed by atoms with E-state index in [2.05, 4.69) is 15.3 Å². The van der Waals surface area contributed by atoms with E-state index in [0.717, 1.165) is 34.3 Å². The van der Waals surface area contributed by atoms with Gasteiger partial charge in [-0.3, -0.25) is 0 Å². The molecule has 3 rings (SSSR count). The normalized spacial score (nSPS) is 10.4. The highest BCUT2D eigenvalue weighted by atomic mass is 16.5. The summed E-state index contributed by atoms with van der Waals surface area (Å²) in [7, 11) is 3.66. The van der Waals surface area contributed by atoms with E-state index in [-0.39, 0.29) is 0 Å². The van der Waals surface area contributed by atoms with E-state index in [9.17, 15) is 0 Å². The van der Waals surface area contributed by atoms with E-state index in [1.54, 1.807) is 7.11 Å². The Morgan fingerprint density at radius 3 is 2.44 bits per heavy atom. The topological polar surface area (TPSA) is 50.3 Å². The minimum atomic E-state index is 0.703. The molecule has 25 heavy (non-hydrogen) atoms. The van der Waals surface area contributed by atoms with Crippen molar-refractivity contribution >= 4 is 23.0 Å². The molecule has 0 radical (unpaired) electrons. The van der Waals surface area contributed by atoms with Gasteiger partial charge in [-0.15, -0.1) is 0 Å². The summed E-state index contributed by atoms with van der Waals surface area (Å²) >= 11 is 0. The second kappa shape index (κ2) is 7.21. The minimum Gasteiger partial charge on any atom is -0.495 e. The lowest BCUT2D eigenvalue weighted by Gasteiger charge is -2.20. The first-order valence-electron chi connectivity index (χ1n) is 8.13. The lowest BCUT2D eigenvalue weighted by Crippen LogP contribution is -2.13. The fourth-order valence-corrected chi connectivity index (χ4v) is 2.63. The molecule has 0 aliphatic heterocycles. The first-order chi connectivity index (χ1) is 12.1. The van der Waals surface area contributed by atoms with Crippen molar-refractivity contribution in [3.05, 3.63) is 66.0 Å². The van der Waals surface area contributed by atoms with Crippen molar-refractivity contribution < 1.29 is 4.74 Å². The molecule has 0 saturated carbocycles. The molecule has 0 aliphatic carbocycles. The number of benzene rings is 2. The predicted molar refractivity (Wildman–Crippen MR) is 102 cm³/mol. The Bertz CT molecular complexity index is 865. The third-order valence-corrected chi connectivity index (χ3v) is 3.93. The second-order valence-corrected chi connectivity index (χ2v) is 5.88. The summed E-state index contributed by atoms with van der Waals surface area (Å²) in [6, 6.07) is 18.1. The molecule has 0 fully saturated rings. The Morgan fingerprint density at radius 1 is 0.960 bits per heavy atom. The van der Waals surface area contributed by atoms with Crippen LogP contribution in [0.1, 0.15) is 11.4 Å². The average molecular weight is 334 g/mol. The van der Waals surface area contributed by atoms with Crippen molar-refractivity contribution in [2.75, 3.05) is 24.4 Å². The summed E-state index contributed by atoms with van der Waals surface area (Å²) < 4.78 is 5.43. The molecule has 0 unspecified atom stereocenters. The van der Waals surface area contributed by atoms with Gasteiger partial charge in [-0.25, -0.2) is 9.97 Å². The number of aryl methyl sites for hydroxylation is 2. The van der Waals surface area contributed by atoms with Crippen LogP contribution in [-0.4, -0.2) is 24.1 Å². The molecular formula is C20H22N4O. The Morgan fingerprint density at radius 2 is 1.72 bits per heavy atom. The molecule has 0 aliphatic rings. The third-order valence-electron chi connectivity index (χ3n) is 3.93. The minimum absolute atomic E-state index is 0.703. The van der Waals surface area contributed by atoms with E-state index in [1.807, 2.05) is 80.4 Å². The summed E-state index contributed by atoms with van der Waals surface area (Å²) in [5, 5.41) is 3.35. The van der Waals surface area contributed by atoms with E-state index in [4.69, 9.17) is 4.74 Å². The molecule has 0 spiro atoms. The number of anilines is 4. The van der Waals surface area contributed by atoms with Gasteiger partial charge in [0.15, 0.2) is 0 Å². The second-order valence-electron chi connectivity index (χ2n) is 5.88. The van der Waals surface area contributed by atoms with E-state index in [0.29, 0.717) is 5.82 Å². The molecule has 5 nitrogen and oxygen atoms in total. The van der Waals surface area contributed by atoms with Crippen LogP contribution in [0, 0.1) is 13.8 Å².